The van der Waals surface area contributed by atoms with Crippen LogP contribution in [0.5, 0.6) is 0 Å². The molecule has 0 radical (unpaired) electrons. The summed E-state index contributed by atoms with van der Waals surface area (Å²) < 4.78 is 13.1. The smallest absolute Gasteiger partial charge is 0.317 e. The number of piperazine rings is 1. The van der Waals surface area contributed by atoms with E-state index in [-0.39, 0.29) is 23.8 Å². The van der Waals surface area contributed by atoms with Crippen molar-refractivity contribution in [3.8, 4) is 0 Å². The third-order valence-electron chi connectivity index (χ3n) is 4.98. The van der Waals surface area contributed by atoms with Crippen LogP contribution in [0.3, 0.4) is 0 Å². The first-order valence-corrected chi connectivity index (χ1v) is 9.75. The van der Waals surface area contributed by atoms with E-state index in [0.29, 0.717) is 13.1 Å². The molecular formula is C21H28FN5O. The minimum absolute atomic E-state index is 0.0989. The van der Waals surface area contributed by atoms with Gasteiger partial charge in [0, 0.05) is 43.9 Å². The molecule has 1 aliphatic heterocycles. The van der Waals surface area contributed by atoms with Gasteiger partial charge in [0.25, 0.3) is 0 Å². The fourth-order valence-electron chi connectivity index (χ4n) is 3.24. The van der Waals surface area contributed by atoms with Crippen molar-refractivity contribution in [2.45, 2.75) is 39.7 Å². The van der Waals surface area contributed by atoms with E-state index in [4.69, 9.17) is 0 Å². The van der Waals surface area contributed by atoms with Crippen molar-refractivity contribution in [1.29, 1.82) is 0 Å². The molecule has 1 unspecified atom stereocenters. The molecule has 1 aromatic carbocycles. The van der Waals surface area contributed by atoms with E-state index in [0.717, 1.165) is 36.0 Å². The van der Waals surface area contributed by atoms with Crippen molar-refractivity contribution in [1.82, 2.24) is 20.2 Å². The average Bonchev–Trinajstić information content (AvgIpc) is 2.68. The quantitative estimate of drug-likeness (QED) is 0.873. The topological polar surface area (TPSA) is 61.4 Å². The van der Waals surface area contributed by atoms with E-state index in [1.165, 1.54) is 12.1 Å². The van der Waals surface area contributed by atoms with Gasteiger partial charge in [-0.05, 0) is 31.5 Å². The van der Waals surface area contributed by atoms with Crippen LogP contribution in [0.2, 0.25) is 0 Å². The molecule has 1 aromatic heterocycles. The summed E-state index contributed by atoms with van der Waals surface area (Å²) in [6.07, 6.45) is 0. The number of nitrogens with one attached hydrogen (secondary N) is 1. The lowest BCUT2D eigenvalue weighted by atomic mass is 10.1. The predicted molar refractivity (Wildman–Crippen MR) is 108 cm³/mol. The number of halogens is 1. The van der Waals surface area contributed by atoms with Crippen LogP contribution in [0.4, 0.5) is 15.0 Å². The van der Waals surface area contributed by atoms with Crippen molar-refractivity contribution in [3.63, 3.8) is 0 Å². The molecule has 0 aliphatic carbocycles. The highest BCUT2D eigenvalue weighted by molar-refractivity contribution is 5.75. The molecular weight excluding hydrogens is 357 g/mol. The highest BCUT2D eigenvalue weighted by Crippen LogP contribution is 2.19. The number of amides is 2. The lowest BCUT2D eigenvalue weighted by Crippen LogP contribution is -2.52. The Morgan fingerprint density at radius 3 is 2.32 bits per heavy atom. The molecule has 3 rings (SSSR count). The second kappa shape index (κ2) is 8.54. The number of hydrogen-bond donors (Lipinski definition) is 1. The van der Waals surface area contributed by atoms with Crippen molar-refractivity contribution in [2.75, 3.05) is 31.1 Å². The van der Waals surface area contributed by atoms with Gasteiger partial charge >= 0.3 is 6.03 Å². The summed E-state index contributed by atoms with van der Waals surface area (Å²) in [6, 6.07) is 7.93. The second-order valence-corrected chi connectivity index (χ2v) is 7.58. The van der Waals surface area contributed by atoms with E-state index in [2.05, 4.69) is 34.0 Å². The summed E-state index contributed by atoms with van der Waals surface area (Å²) >= 11 is 0. The zero-order valence-corrected chi connectivity index (χ0v) is 16.9. The average molecular weight is 385 g/mol. The van der Waals surface area contributed by atoms with Crippen molar-refractivity contribution in [2.24, 2.45) is 0 Å². The van der Waals surface area contributed by atoms with Gasteiger partial charge in [-0.1, -0.05) is 26.0 Å². The largest absolute Gasteiger partial charge is 0.353 e. The predicted octanol–water partition coefficient (Wildman–Crippen LogP) is 3.64. The molecule has 0 saturated carbocycles. The minimum atomic E-state index is -0.279. The van der Waals surface area contributed by atoms with Crippen LogP contribution in [0.15, 0.2) is 30.3 Å². The van der Waals surface area contributed by atoms with Crippen LogP contribution in [-0.4, -0.2) is 47.1 Å². The Bertz CT molecular complexity index is 816. The molecule has 7 heteroatoms. The van der Waals surface area contributed by atoms with E-state index in [1.54, 1.807) is 12.1 Å². The summed E-state index contributed by atoms with van der Waals surface area (Å²) in [4.78, 5) is 25.8. The molecule has 0 spiro atoms. The number of nitrogens with zero attached hydrogens (tertiary/aromatic N) is 4. The number of hydrogen-bond acceptors (Lipinski definition) is 4. The van der Waals surface area contributed by atoms with Gasteiger partial charge in [0.15, 0.2) is 0 Å². The van der Waals surface area contributed by atoms with Gasteiger partial charge in [-0.3, -0.25) is 0 Å². The maximum atomic E-state index is 13.1. The molecule has 2 heterocycles. The number of carbonyl (C=O) groups is 1. The van der Waals surface area contributed by atoms with Crippen LogP contribution in [0.25, 0.3) is 0 Å². The third-order valence-corrected chi connectivity index (χ3v) is 4.98. The Balaban J connectivity index is 1.57. The monoisotopic (exact) mass is 385 g/mol. The highest BCUT2D eigenvalue weighted by Gasteiger charge is 2.23. The molecule has 1 fully saturated rings. The second-order valence-electron chi connectivity index (χ2n) is 7.58. The first-order chi connectivity index (χ1) is 13.3. The van der Waals surface area contributed by atoms with E-state index >= 15 is 0 Å². The lowest BCUT2D eigenvalue weighted by molar-refractivity contribution is 0.191. The molecule has 6 nitrogen and oxygen atoms in total. The van der Waals surface area contributed by atoms with Gasteiger partial charge in [0.1, 0.15) is 17.5 Å². The SMILES string of the molecule is Cc1cc(N2CCN(C(=O)NC(C)c3ccc(F)cc3)CC2)nc(C(C)C)n1. The van der Waals surface area contributed by atoms with Crippen LogP contribution in [-0.2, 0) is 0 Å². The molecule has 0 bridgehead atoms. The molecule has 1 N–H and O–H groups in total. The number of rotatable bonds is 4. The van der Waals surface area contributed by atoms with Gasteiger partial charge in [0.2, 0.25) is 0 Å². The normalized spacial score (nSPS) is 15.6. The Morgan fingerprint density at radius 2 is 1.71 bits per heavy atom. The molecule has 1 saturated heterocycles. The zero-order chi connectivity index (χ0) is 20.3. The van der Waals surface area contributed by atoms with Crippen LogP contribution in [0.1, 0.15) is 49.8 Å². The molecule has 28 heavy (non-hydrogen) atoms. The van der Waals surface area contributed by atoms with Crippen molar-refractivity contribution >= 4 is 11.8 Å². The lowest BCUT2D eigenvalue weighted by Gasteiger charge is -2.36. The molecule has 2 amide bonds. The fraction of sp³-hybridized carbons (Fsp3) is 0.476. The number of benzene rings is 1. The van der Waals surface area contributed by atoms with Gasteiger partial charge in [-0.25, -0.2) is 19.2 Å². The van der Waals surface area contributed by atoms with Crippen molar-refractivity contribution in [3.05, 3.63) is 53.2 Å². The first kappa shape index (κ1) is 20.0. The molecule has 150 valence electrons. The van der Waals surface area contributed by atoms with Gasteiger partial charge in [0.05, 0.1) is 6.04 Å². The van der Waals surface area contributed by atoms with Crippen molar-refractivity contribution < 1.29 is 9.18 Å². The summed E-state index contributed by atoms with van der Waals surface area (Å²) in [7, 11) is 0. The fourth-order valence-corrected chi connectivity index (χ4v) is 3.24. The Labute approximate surface area is 165 Å². The molecule has 1 atom stereocenters. The van der Waals surface area contributed by atoms with E-state index in [1.807, 2.05) is 24.8 Å². The van der Waals surface area contributed by atoms with Gasteiger partial charge in [-0.15, -0.1) is 0 Å². The first-order valence-electron chi connectivity index (χ1n) is 9.75. The standard InChI is InChI=1S/C21H28FN5O/c1-14(2)20-23-15(3)13-19(25-20)26-9-11-27(12-10-26)21(28)24-16(4)17-5-7-18(22)8-6-17/h5-8,13-14,16H,9-12H2,1-4H3,(H,24,28). The highest BCUT2D eigenvalue weighted by atomic mass is 19.1. The molecule has 1 aliphatic rings. The number of aryl methyl sites for hydroxylation is 1. The Morgan fingerprint density at radius 1 is 1.07 bits per heavy atom. The van der Waals surface area contributed by atoms with Crippen LogP contribution >= 0.6 is 0 Å². The number of carbonyl (C=O) groups excluding carboxylic acids is 1. The zero-order valence-electron chi connectivity index (χ0n) is 16.9. The number of aromatic nitrogens is 2. The third kappa shape index (κ3) is 4.77. The Kier molecular flexibility index (Phi) is 6.11. The maximum absolute atomic E-state index is 13.1. The van der Waals surface area contributed by atoms with Gasteiger partial charge < -0.3 is 15.1 Å². The summed E-state index contributed by atoms with van der Waals surface area (Å²) in [5, 5.41) is 2.99. The van der Waals surface area contributed by atoms with E-state index < -0.39 is 0 Å². The summed E-state index contributed by atoms with van der Waals surface area (Å²) in [5.74, 6) is 1.77. The van der Waals surface area contributed by atoms with E-state index in [9.17, 15) is 9.18 Å². The Hall–Kier alpha value is -2.70. The maximum Gasteiger partial charge on any atom is 0.317 e. The van der Waals surface area contributed by atoms with Crippen LogP contribution in [0, 0.1) is 12.7 Å². The van der Waals surface area contributed by atoms with Crippen LogP contribution < -0.4 is 10.2 Å². The summed E-state index contributed by atoms with van der Waals surface area (Å²) in [5.41, 5.74) is 1.84. The molecule has 2 aromatic rings. The summed E-state index contributed by atoms with van der Waals surface area (Å²) in [6.45, 7) is 10.8. The number of anilines is 1. The minimum Gasteiger partial charge on any atom is -0.353 e. The van der Waals surface area contributed by atoms with Gasteiger partial charge in [-0.2, -0.15) is 0 Å². The number of urea groups is 1.